The molecule has 1 aromatic carbocycles. The van der Waals surface area contributed by atoms with E-state index in [9.17, 15) is 9.59 Å². The molecule has 2 heterocycles. The third-order valence-electron chi connectivity index (χ3n) is 3.35. The Labute approximate surface area is 136 Å². The molecule has 0 bridgehead atoms. The van der Waals surface area contributed by atoms with Crippen molar-refractivity contribution in [1.82, 2.24) is 9.38 Å². The predicted molar refractivity (Wildman–Crippen MR) is 88.6 cm³/mol. The van der Waals surface area contributed by atoms with Crippen LogP contribution < -0.4 is 5.32 Å². The molecule has 7 heteroatoms. The molecule has 0 saturated carbocycles. The van der Waals surface area contributed by atoms with Gasteiger partial charge < -0.3 is 10.4 Å². The van der Waals surface area contributed by atoms with Crippen LogP contribution in [0.5, 0.6) is 0 Å². The minimum Gasteiger partial charge on any atom is -0.481 e. The molecule has 1 amide bonds. The first kappa shape index (κ1) is 15.2. The van der Waals surface area contributed by atoms with Gasteiger partial charge in [-0.2, -0.15) is 0 Å². The average molecular weight is 329 g/mol. The Hall–Kier alpha value is -2.67. The quantitative estimate of drug-likeness (QED) is 0.727. The van der Waals surface area contributed by atoms with Gasteiger partial charge in [-0.05, 0) is 18.6 Å². The van der Waals surface area contributed by atoms with E-state index in [-0.39, 0.29) is 18.7 Å². The molecule has 2 aromatic heterocycles. The number of fused-ring (bicyclic) bond motifs is 1. The third kappa shape index (κ3) is 3.75. The van der Waals surface area contributed by atoms with Crippen molar-refractivity contribution in [3.8, 4) is 11.3 Å². The molecular weight excluding hydrogens is 314 g/mol. The summed E-state index contributed by atoms with van der Waals surface area (Å²) in [6, 6.07) is 7.44. The number of aliphatic carboxylic acids is 1. The summed E-state index contributed by atoms with van der Waals surface area (Å²) in [7, 11) is 0. The van der Waals surface area contributed by atoms with Crippen LogP contribution in [0.15, 0.2) is 42.0 Å². The molecule has 0 aliphatic carbocycles. The predicted octanol–water partition coefficient (Wildman–Crippen LogP) is 3.26. The van der Waals surface area contributed by atoms with Gasteiger partial charge in [0.1, 0.15) is 0 Å². The van der Waals surface area contributed by atoms with E-state index in [2.05, 4.69) is 10.3 Å². The van der Waals surface area contributed by atoms with Crippen LogP contribution in [0, 0.1) is 0 Å². The van der Waals surface area contributed by atoms with Crippen LogP contribution >= 0.6 is 11.3 Å². The fourth-order valence-corrected chi connectivity index (χ4v) is 2.91. The molecule has 0 aliphatic rings. The van der Waals surface area contributed by atoms with Crippen LogP contribution in [0.1, 0.15) is 19.3 Å². The highest BCUT2D eigenvalue weighted by Crippen LogP contribution is 2.23. The van der Waals surface area contributed by atoms with Crippen LogP contribution in [0.25, 0.3) is 16.2 Å². The highest BCUT2D eigenvalue weighted by atomic mass is 32.1. The maximum absolute atomic E-state index is 11.7. The lowest BCUT2D eigenvalue weighted by Crippen LogP contribution is -2.11. The summed E-state index contributed by atoms with van der Waals surface area (Å²) < 4.78 is 1.97. The summed E-state index contributed by atoms with van der Waals surface area (Å²) in [6.07, 6.45) is 4.47. The number of anilines is 1. The number of hydrogen-bond donors (Lipinski definition) is 2. The maximum Gasteiger partial charge on any atom is 0.303 e. The van der Waals surface area contributed by atoms with Crippen molar-refractivity contribution in [3.05, 3.63) is 42.0 Å². The molecule has 23 heavy (non-hydrogen) atoms. The number of amides is 1. The summed E-state index contributed by atoms with van der Waals surface area (Å²) in [5, 5.41) is 13.3. The number of benzene rings is 1. The van der Waals surface area contributed by atoms with Gasteiger partial charge in [-0.15, -0.1) is 11.3 Å². The number of carbonyl (C=O) groups is 2. The van der Waals surface area contributed by atoms with Gasteiger partial charge in [0.25, 0.3) is 0 Å². The van der Waals surface area contributed by atoms with Crippen molar-refractivity contribution >= 4 is 33.9 Å². The van der Waals surface area contributed by atoms with Crippen LogP contribution in [-0.4, -0.2) is 26.4 Å². The third-order valence-corrected chi connectivity index (χ3v) is 4.12. The van der Waals surface area contributed by atoms with E-state index in [0.29, 0.717) is 12.1 Å². The summed E-state index contributed by atoms with van der Waals surface area (Å²) in [5.41, 5.74) is 2.55. The van der Waals surface area contributed by atoms with Crippen molar-refractivity contribution < 1.29 is 14.7 Å². The summed E-state index contributed by atoms with van der Waals surface area (Å²) in [4.78, 5) is 27.6. The topological polar surface area (TPSA) is 83.7 Å². The Kier molecular flexibility index (Phi) is 4.38. The maximum atomic E-state index is 11.7. The molecule has 118 valence electrons. The van der Waals surface area contributed by atoms with E-state index >= 15 is 0 Å². The van der Waals surface area contributed by atoms with Gasteiger partial charge in [0, 0.05) is 41.9 Å². The first-order valence-electron chi connectivity index (χ1n) is 7.16. The summed E-state index contributed by atoms with van der Waals surface area (Å²) in [6.45, 7) is 0. The summed E-state index contributed by atoms with van der Waals surface area (Å²) in [5.74, 6) is -1.07. The second-order valence-electron chi connectivity index (χ2n) is 5.09. The fraction of sp³-hybridized carbons (Fsp3) is 0.188. The lowest BCUT2D eigenvalue weighted by molar-refractivity contribution is -0.137. The molecule has 0 fully saturated rings. The first-order chi connectivity index (χ1) is 11.1. The van der Waals surface area contributed by atoms with E-state index in [4.69, 9.17) is 5.11 Å². The Bertz CT molecular complexity index is 807. The zero-order chi connectivity index (χ0) is 16.2. The normalized spacial score (nSPS) is 10.8. The van der Waals surface area contributed by atoms with E-state index in [1.807, 2.05) is 46.4 Å². The number of carboxylic acid groups (broad SMARTS) is 1. The molecule has 0 atom stereocenters. The minimum atomic E-state index is -0.887. The highest BCUT2D eigenvalue weighted by molar-refractivity contribution is 7.15. The Morgan fingerprint density at radius 1 is 1.22 bits per heavy atom. The van der Waals surface area contributed by atoms with Gasteiger partial charge in [-0.25, -0.2) is 4.98 Å². The van der Waals surface area contributed by atoms with Gasteiger partial charge in [-0.3, -0.25) is 14.0 Å². The Morgan fingerprint density at radius 2 is 2.00 bits per heavy atom. The summed E-state index contributed by atoms with van der Waals surface area (Å²) >= 11 is 1.58. The van der Waals surface area contributed by atoms with Crippen LogP contribution in [0.3, 0.4) is 0 Å². The Balaban J connectivity index is 1.61. The van der Waals surface area contributed by atoms with Gasteiger partial charge in [0.05, 0.1) is 5.69 Å². The SMILES string of the molecule is O=C(O)CCCC(=O)Nc1ccc(-c2cn3ccsc3n2)cc1. The number of hydrogen-bond acceptors (Lipinski definition) is 4. The van der Waals surface area contributed by atoms with E-state index in [1.54, 1.807) is 11.3 Å². The number of carbonyl (C=O) groups excluding carboxylic acids is 1. The van der Waals surface area contributed by atoms with Crippen LogP contribution in [-0.2, 0) is 9.59 Å². The van der Waals surface area contributed by atoms with Crippen molar-refractivity contribution in [3.63, 3.8) is 0 Å². The molecule has 0 aliphatic heterocycles. The lowest BCUT2D eigenvalue weighted by atomic mass is 10.1. The number of thiazole rings is 1. The second-order valence-corrected chi connectivity index (χ2v) is 5.96. The molecule has 2 N–H and O–H groups in total. The van der Waals surface area contributed by atoms with Crippen molar-refractivity contribution in [2.75, 3.05) is 5.32 Å². The first-order valence-corrected chi connectivity index (χ1v) is 8.04. The zero-order valence-corrected chi connectivity index (χ0v) is 13.0. The standard InChI is InChI=1S/C16H15N3O3S/c20-14(2-1-3-15(21)22)17-12-6-4-11(5-7-12)13-10-19-8-9-23-16(19)18-13/h4-10H,1-3H2,(H,17,20)(H,21,22). The Morgan fingerprint density at radius 3 is 2.70 bits per heavy atom. The van der Waals surface area contributed by atoms with E-state index in [0.717, 1.165) is 16.2 Å². The molecule has 0 radical (unpaired) electrons. The van der Waals surface area contributed by atoms with Crippen molar-refractivity contribution in [1.29, 1.82) is 0 Å². The van der Waals surface area contributed by atoms with E-state index in [1.165, 1.54) is 0 Å². The molecular formula is C16H15N3O3S. The number of nitrogens with zero attached hydrogens (tertiary/aromatic N) is 2. The van der Waals surface area contributed by atoms with Gasteiger partial charge in [0.15, 0.2) is 4.96 Å². The number of imidazole rings is 1. The molecule has 6 nitrogen and oxygen atoms in total. The number of carboxylic acids is 1. The number of nitrogens with one attached hydrogen (secondary N) is 1. The van der Waals surface area contributed by atoms with Crippen molar-refractivity contribution in [2.24, 2.45) is 0 Å². The zero-order valence-electron chi connectivity index (χ0n) is 12.2. The molecule has 0 saturated heterocycles. The van der Waals surface area contributed by atoms with E-state index < -0.39 is 5.97 Å². The lowest BCUT2D eigenvalue weighted by Gasteiger charge is -2.05. The highest BCUT2D eigenvalue weighted by Gasteiger charge is 2.07. The average Bonchev–Trinajstić information content (AvgIpc) is 3.09. The monoisotopic (exact) mass is 329 g/mol. The molecule has 0 spiro atoms. The fourth-order valence-electron chi connectivity index (χ4n) is 2.21. The van der Waals surface area contributed by atoms with Gasteiger partial charge in [-0.1, -0.05) is 12.1 Å². The van der Waals surface area contributed by atoms with Gasteiger partial charge in [0.2, 0.25) is 5.91 Å². The minimum absolute atomic E-state index is 0.00378. The molecule has 3 aromatic rings. The molecule has 3 rings (SSSR count). The van der Waals surface area contributed by atoms with Gasteiger partial charge >= 0.3 is 5.97 Å². The second kappa shape index (κ2) is 6.62. The van der Waals surface area contributed by atoms with Crippen LogP contribution in [0.2, 0.25) is 0 Å². The smallest absolute Gasteiger partial charge is 0.303 e. The van der Waals surface area contributed by atoms with Crippen molar-refractivity contribution in [2.45, 2.75) is 19.3 Å². The largest absolute Gasteiger partial charge is 0.481 e. The number of aromatic nitrogens is 2. The molecule has 0 unspecified atom stereocenters. The number of rotatable bonds is 6. The van der Waals surface area contributed by atoms with Crippen LogP contribution in [0.4, 0.5) is 5.69 Å².